The predicted molar refractivity (Wildman–Crippen MR) is 92.5 cm³/mol. The van der Waals surface area contributed by atoms with Crippen LogP contribution in [-0.2, 0) is 4.79 Å². The van der Waals surface area contributed by atoms with Crippen molar-refractivity contribution in [3.05, 3.63) is 41.6 Å². The summed E-state index contributed by atoms with van der Waals surface area (Å²) in [5.74, 6) is -0.610. The summed E-state index contributed by atoms with van der Waals surface area (Å²) in [6.07, 6.45) is 1.46. The number of esters is 1. The highest BCUT2D eigenvalue weighted by Crippen LogP contribution is 2.26. The molecule has 0 atom stereocenters. The lowest BCUT2D eigenvalue weighted by Crippen LogP contribution is -2.48. The summed E-state index contributed by atoms with van der Waals surface area (Å²) in [6.45, 7) is 6.19. The molecule has 7 nitrogen and oxygen atoms in total. The number of hydrogen-bond donors (Lipinski definition) is 2. The van der Waals surface area contributed by atoms with Crippen LogP contribution >= 0.6 is 0 Å². The number of hydrogen-bond acceptors (Lipinski definition) is 7. The number of carbonyl (C=O) groups excluding carboxylic acids is 2. The molecule has 2 aliphatic rings. The van der Waals surface area contributed by atoms with Gasteiger partial charge in [0.15, 0.2) is 0 Å². The van der Waals surface area contributed by atoms with Crippen molar-refractivity contribution in [1.29, 1.82) is 0 Å². The van der Waals surface area contributed by atoms with Crippen LogP contribution in [0.15, 0.2) is 36.0 Å². The minimum atomic E-state index is -0.617. The van der Waals surface area contributed by atoms with Crippen molar-refractivity contribution in [1.82, 2.24) is 15.1 Å². The molecule has 1 aromatic carbocycles. The Morgan fingerprint density at radius 1 is 1.08 bits per heavy atom. The van der Waals surface area contributed by atoms with Gasteiger partial charge in [0.05, 0.1) is 12.2 Å². The first-order valence-corrected chi connectivity index (χ1v) is 8.54. The van der Waals surface area contributed by atoms with Crippen LogP contribution < -0.4 is 10.1 Å². The summed E-state index contributed by atoms with van der Waals surface area (Å²) < 4.78 is 5.19. The first-order valence-electron chi connectivity index (χ1n) is 8.54. The zero-order valence-corrected chi connectivity index (χ0v) is 14.1. The third-order valence-corrected chi connectivity index (χ3v) is 4.50. The summed E-state index contributed by atoms with van der Waals surface area (Å²) in [7, 11) is 0. The van der Waals surface area contributed by atoms with Crippen LogP contribution in [0, 0.1) is 0 Å². The number of ketones is 1. The molecule has 1 fully saturated rings. The number of β-amino-alcohol motifs (C(OH)–C–C–N with tert-alkyl or cyclic N) is 1. The molecule has 3 rings (SSSR count). The van der Waals surface area contributed by atoms with Crippen molar-refractivity contribution >= 4 is 11.8 Å². The highest BCUT2D eigenvalue weighted by atomic mass is 16.5. The SMILES string of the molecule is O=C1Oc2ccccc2C(=O)/C1=C/NCCN1CCN(CCO)CC1. The summed E-state index contributed by atoms with van der Waals surface area (Å²) in [5.41, 5.74) is 0.446. The number of nitrogens with one attached hydrogen (secondary N) is 1. The molecule has 0 amide bonds. The highest BCUT2D eigenvalue weighted by Gasteiger charge is 2.30. The number of carbonyl (C=O) groups is 2. The van der Waals surface area contributed by atoms with E-state index in [0.717, 1.165) is 39.3 Å². The van der Waals surface area contributed by atoms with E-state index in [4.69, 9.17) is 9.84 Å². The molecule has 0 aromatic heterocycles. The van der Waals surface area contributed by atoms with E-state index < -0.39 is 5.97 Å². The number of Topliss-reactive ketones (excluding diaryl/α,β-unsaturated/α-hetero) is 1. The van der Waals surface area contributed by atoms with Crippen molar-refractivity contribution in [2.75, 3.05) is 52.4 Å². The molecule has 1 aromatic rings. The van der Waals surface area contributed by atoms with Gasteiger partial charge in [-0.1, -0.05) is 12.1 Å². The lowest BCUT2D eigenvalue weighted by molar-refractivity contribution is -0.130. The van der Waals surface area contributed by atoms with Gasteiger partial charge in [0.25, 0.3) is 0 Å². The van der Waals surface area contributed by atoms with Crippen molar-refractivity contribution in [3.63, 3.8) is 0 Å². The first kappa shape index (κ1) is 17.6. The van der Waals surface area contributed by atoms with Crippen LogP contribution in [0.5, 0.6) is 5.75 Å². The average Bonchev–Trinajstić information content (AvgIpc) is 2.62. The number of piperazine rings is 1. The molecule has 0 saturated carbocycles. The van der Waals surface area contributed by atoms with Crippen molar-refractivity contribution < 1.29 is 19.4 Å². The minimum Gasteiger partial charge on any atom is -0.422 e. The van der Waals surface area contributed by atoms with Crippen LogP contribution in [0.2, 0.25) is 0 Å². The van der Waals surface area contributed by atoms with Gasteiger partial charge in [-0.25, -0.2) is 4.79 Å². The van der Waals surface area contributed by atoms with Crippen LogP contribution in [0.3, 0.4) is 0 Å². The Labute approximate surface area is 146 Å². The van der Waals surface area contributed by atoms with Gasteiger partial charge in [0, 0.05) is 52.0 Å². The van der Waals surface area contributed by atoms with Crippen molar-refractivity contribution in [2.45, 2.75) is 0 Å². The molecule has 0 bridgehead atoms. The van der Waals surface area contributed by atoms with Crippen LogP contribution in [0.4, 0.5) is 0 Å². The molecule has 25 heavy (non-hydrogen) atoms. The molecule has 7 heteroatoms. The van der Waals surface area contributed by atoms with E-state index >= 15 is 0 Å². The Morgan fingerprint density at radius 2 is 1.76 bits per heavy atom. The smallest absolute Gasteiger partial charge is 0.349 e. The van der Waals surface area contributed by atoms with Gasteiger partial charge in [0.1, 0.15) is 11.3 Å². The third-order valence-electron chi connectivity index (χ3n) is 4.50. The second-order valence-electron chi connectivity index (χ2n) is 6.13. The van der Waals surface area contributed by atoms with E-state index in [0.29, 0.717) is 17.9 Å². The zero-order chi connectivity index (χ0) is 17.6. The second-order valence-corrected chi connectivity index (χ2v) is 6.13. The van der Waals surface area contributed by atoms with Crippen LogP contribution in [-0.4, -0.2) is 79.1 Å². The Hall–Kier alpha value is -2.22. The van der Waals surface area contributed by atoms with E-state index in [1.54, 1.807) is 24.3 Å². The van der Waals surface area contributed by atoms with Crippen LogP contribution in [0.1, 0.15) is 10.4 Å². The monoisotopic (exact) mass is 345 g/mol. The van der Waals surface area contributed by atoms with E-state index in [9.17, 15) is 9.59 Å². The molecule has 134 valence electrons. The normalized spacial score (nSPS) is 20.4. The third kappa shape index (κ3) is 4.25. The highest BCUT2D eigenvalue weighted by molar-refractivity contribution is 6.27. The number of benzene rings is 1. The maximum Gasteiger partial charge on any atom is 0.349 e. The fraction of sp³-hybridized carbons (Fsp3) is 0.444. The number of aliphatic hydroxyl groups is 1. The average molecular weight is 345 g/mol. The molecular formula is C18H23N3O4. The van der Waals surface area contributed by atoms with Crippen molar-refractivity contribution in [3.8, 4) is 5.75 Å². The molecule has 1 saturated heterocycles. The van der Waals surface area contributed by atoms with Gasteiger partial charge >= 0.3 is 5.97 Å². The number of rotatable bonds is 6. The van der Waals surface area contributed by atoms with Gasteiger partial charge < -0.3 is 15.2 Å². The molecule has 0 radical (unpaired) electrons. The molecule has 0 unspecified atom stereocenters. The standard InChI is InChI=1S/C18H23N3O4/c22-12-11-21-9-7-20(8-10-21)6-5-19-13-15-17(23)14-3-1-2-4-16(14)25-18(15)24/h1-4,13,19,22H,5-12H2/b15-13-. The number of aliphatic hydroxyl groups excluding tert-OH is 1. The maximum absolute atomic E-state index is 12.4. The van der Waals surface area contributed by atoms with E-state index in [1.165, 1.54) is 6.20 Å². The Morgan fingerprint density at radius 3 is 2.48 bits per heavy atom. The lowest BCUT2D eigenvalue weighted by atomic mass is 10.0. The van der Waals surface area contributed by atoms with E-state index in [1.807, 2.05) is 0 Å². The van der Waals surface area contributed by atoms with Gasteiger partial charge in [-0.05, 0) is 12.1 Å². The minimum absolute atomic E-state index is 0.0338. The van der Waals surface area contributed by atoms with Gasteiger partial charge in [-0.2, -0.15) is 0 Å². The number of fused-ring (bicyclic) bond motifs is 1. The summed E-state index contributed by atoms with van der Waals surface area (Å²) in [5, 5.41) is 12.0. The molecular weight excluding hydrogens is 322 g/mol. The summed E-state index contributed by atoms with van der Waals surface area (Å²) >= 11 is 0. The number of nitrogens with zero attached hydrogens (tertiary/aromatic N) is 2. The molecule has 2 N–H and O–H groups in total. The largest absolute Gasteiger partial charge is 0.422 e. The fourth-order valence-electron chi connectivity index (χ4n) is 3.04. The van der Waals surface area contributed by atoms with Gasteiger partial charge in [-0.15, -0.1) is 0 Å². The van der Waals surface area contributed by atoms with Gasteiger partial charge in [0.2, 0.25) is 5.78 Å². The topological polar surface area (TPSA) is 82.1 Å². The van der Waals surface area contributed by atoms with E-state index in [2.05, 4.69) is 15.1 Å². The number of ether oxygens (including phenoxy) is 1. The Bertz CT molecular complexity index is 666. The molecule has 2 aliphatic heterocycles. The number of para-hydroxylation sites is 1. The first-order chi connectivity index (χ1) is 12.2. The predicted octanol–water partition coefficient (Wildman–Crippen LogP) is -0.128. The summed E-state index contributed by atoms with van der Waals surface area (Å²) in [6, 6.07) is 6.75. The second kappa shape index (κ2) is 8.24. The maximum atomic E-state index is 12.4. The van der Waals surface area contributed by atoms with Crippen LogP contribution in [0.25, 0.3) is 0 Å². The summed E-state index contributed by atoms with van der Waals surface area (Å²) in [4.78, 5) is 28.9. The zero-order valence-electron chi connectivity index (χ0n) is 14.1. The lowest BCUT2D eigenvalue weighted by Gasteiger charge is -2.34. The van der Waals surface area contributed by atoms with Crippen molar-refractivity contribution in [2.24, 2.45) is 0 Å². The Balaban J connectivity index is 1.48. The molecule has 0 spiro atoms. The van der Waals surface area contributed by atoms with Gasteiger partial charge in [-0.3, -0.25) is 14.6 Å². The van der Waals surface area contributed by atoms with E-state index in [-0.39, 0.29) is 18.0 Å². The molecule has 2 heterocycles. The quantitative estimate of drug-likeness (QED) is 0.244. The fourth-order valence-corrected chi connectivity index (χ4v) is 3.04. The molecule has 0 aliphatic carbocycles. The Kier molecular flexibility index (Phi) is 5.80.